The van der Waals surface area contributed by atoms with Crippen molar-refractivity contribution in [3.05, 3.63) is 58.5 Å². The summed E-state index contributed by atoms with van der Waals surface area (Å²) in [6.45, 7) is 7.07. The van der Waals surface area contributed by atoms with Crippen molar-refractivity contribution in [1.82, 2.24) is 9.80 Å². The smallest absolute Gasteiger partial charge is 0.446 e. The van der Waals surface area contributed by atoms with E-state index in [1.807, 2.05) is 18.2 Å². The summed E-state index contributed by atoms with van der Waals surface area (Å²) >= 11 is -0.0721. The Labute approximate surface area is 202 Å². The minimum atomic E-state index is -4.27. The van der Waals surface area contributed by atoms with Gasteiger partial charge in [0.2, 0.25) is 0 Å². The predicted molar refractivity (Wildman–Crippen MR) is 128 cm³/mol. The molecule has 0 amide bonds. The molecule has 3 aliphatic rings. The molecule has 4 nitrogen and oxygen atoms in total. The lowest BCUT2D eigenvalue weighted by atomic mass is 9.97. The van der Waals surface area contributed by atoms with E-state index in [0.29, 0.717) is 6.61 Å². The molecule has 8 heteroatoms. The number of hydrogen-bond donors (Lipinski definition) is 0. The van der Waals surface area contributed by atoms with Crippen molar-refractivity contribution < 1.29 is 22.6 Å². The Hall–Kier alpha value is -2.16. The molecule has 0 radical (unpaired) electrons. The van der Waals surface area contributed by atoms with Gasteiger partial charge in [-0.3, -0.25) is 4.90 Å². The number of rotatable bonds is 7. The maximum absolute atomic E-state index is 12.7. The van der Waals surface area contributed by atoms with Gasteiger partial charge < -0.3 is 14.4 Å². The van der Waals surface area contributed by atoms with Crippen LogP contribution in [0.3, 0.4) is 0 Å². The average Bonchev–Trinajstić information content (AvgIpc) is 3.31. The topological polar surface area (TPSA) is 24.9 Å². The number of halogens is 3. The Morgan fingerprint density at radius 1 is 0.971 bits per heavy atom. The van der Waals surface area contributed by atoms with Crippen molar-refractivity contribution in [1.29, 1.82) is 0 Å². The zero-order valence-corrected chi connectivity index (χ0v) is 19.9. The highest BCUT2D eigenvalue weighted by molar-refractivity contribution is 8.00. The van der Waals surface area contributed by atoms with Crippen molar-refractivity contribution in [3.8, 4) is 5.75 Å². The fraction of sp³-hybridized carbons (Fsp3) is 0.462. The van der Waals surface area contributed by atoms with Crippen molar-refractivity contribution in [2.75, 3.05) is 52.5 Å². The highest BCUT2D eigenvalue weighted by Gasteiger charge is 2.29. The molecule has 2 aromatic carbocycles. The number of benzene rings is 2. The molecule has 0 aliphatic carbocycles. The van der Waals surface area contributed by atoms with Crippen LogP contribution in [0.25, 0.3) is 11.3 Å². The van der Waals surface area contributed by atoms with Crippen LogP contribution in [0, 0.1) is 0 Å². The largest absolute Gasteiger partial charge is 0.494 e. The molecule has 0 aromatic heterocycles. The number of morpholine rings is 1. The highest BCUT2D eigenvalue weighted by Crippen LogP contribution is 2.37. The number of hydrogen-bond acceptors (Lipinski definition) is 5. The molecule has 0 bridgehead atoms. The van der Waals surface area contributed by atoms with E-state index in [0.717, 1.165) is 87.3 Å². The van der Waals surface area contributed by atoms with Gasteiger partial charge in [-0.1, -0.05) is 18.2 Å². The van der Waals surface area contributed by atoms with Crippen LogP contribution in [0.4, 0.5) is 13.2 Å². The molecular formula is C26H29F3N2O2S. The van der Waals surface area contributed by atoms with Gasteiger partial charge in [-0.2, -0.15) is 13.2 Å². The predicted octanol–water partition coefficient (Wildman–Crippen LogP) is 3.82. The van der Waals surface area contributed by atoms with E-state index >= 15 is 0 Å². The molecule has 0 saturated carbocycles. The van der Waals surface area contributed by atoms with Gasteiger partial charge in [0, 0.05) is 48.5 Å². The van der Waals surface area contributed by atoms with E-state index in [9.17, 15) is 13.2 Å². The van der Waals surface area contributed by atoms with Crippen LogP contribution in [0.15, 0.2) is 47.4 Å². The normalized spacial score (nSPS) is 18.7. The highest BCUT2D eigenvalue weighted by atomic mass is 32.2. The Morgan fingerprint density at radius 3 is 2.53 bits per heavy atom. The maximum atomic E-state index is 12.7. The minimum Gasteiger partial charge on any atom is -0.494 e. The van der Waals surface area contributed by atoms with Gasteiger partial charge in [0.25, 0.3) is 0 Å². The van der Waals surface area contributed by atoms with E-state index in [1.54, 1.807) is 12.1 Å². The molecular weight excluding hydrogens is 461 g/mol. The number of thioether (sulfide) groups is 1. The van der Waals surface area contributed by atoms with E-state index in [1.165, 1.54) is 10.9 Å². The van der Waals surface area contributed by atoms with Crippen LogP contribution in [-0.2, 0) is 4.74 Å². The van der Waals surface area contributed by atoms with Gasteiger partial charge in [0.15, 0.2) is 0 Å². The Balaban J connectivity index is 1.36. The average molecular weight is 491 g/mol. The molecule has 0 spiro atoms. The van der Waals surface area contributed by atoms with Crippen LogP contribution < -0.4 is 15.2 Å². The summed E-state index contributed by atoms with van der Waals surface area (Å²) in [6, 6.07) is 13.0. The van der Waals surface area contributed by atoms with Crippen molar-refractivity contribution in [3.63, 3.8) is 0 Å². The van der Waals surface area contributed by atoms with Crippen LogP contribution in [0.2, 0.25) is 0 Å². The second kappa shape index (κ2) is 10.2. The first-order valence-electron chi connectivity index (χ1n) is 11.9. The summed E-state index contributed by atoms with van der Waals surface area (Å²) < 4.78 is 49.6. The summed E-state index contributed by atoms with van der Waals surface area (Å²) in [5.41, 5.74) is -0.799. The quantitative estimate of drug-likeness (QED) is 0.434. The molecule has 5 rings (SSSR count). The Kier molecular flexibility index (Phi) is 7.09. The standard InChI is InChI=1S/C26H29F3N2O2S/c27-26(28,29)34-21-7-4-19(5-8-21)24-18-31-11-1-3-25(31)23-17-20(6-9-22(23)24)33-14-2-10-30-12-15-32-16-13-30/h4-9,17H,1-3,10-16,18H2. The third kappa shape index (κ3) is 5.56. The number of ether oxygens (including phenoxy) is 2. The Morgan fingerprint density at radius 2 is 1.76 bits per heavy atom. The van der Waals surface area contributed by atoms with Gasteiger partial charge in [0.1, 0.15) is 5.75 Å². The van der Waals surface area contributed by atoms with Gasteiger partial charge in [0.05, 0.1) is 19.8 Å². The van der Waals surface area contributed by atoms with Crippen LogP contribution in [-0.4, -0.2) is 67.9 Å². The van der Waals surface area contributed by atoms with Gasteiger partial charge in [-0.25, -0.2) is 0 Å². The third-order valence-corrected chi connectivity index (χ3v) is 7.37. The zero-order chi connectivity index (χ0) is 23.5. The van der Waals surface area contributed by atoms with Gasteiger partial charge >= 0.3 is 5.51 Å². The Bertz CT molecular complexity index is 1130. The molecule has 3 aliphatic heterocycles. The molecule has 2 fully saturated rings. The SMILES string of the molecule is FC(F)(F)Sc1ccc(C2=c3ccc(OCCCN4CCOCC4)cc3=C3CCCN3C2)cc1. The summed E-state index contributed by atoms with van der Waals surface area (Å²) in [6.07, 6.45) is 3.13. The van der Waals surface area contributed by atoms with Crippen molar-refractivity contribution >= 4 is 23.0 Å². The molecule has 3 heterocycles. The summed E-state index contributed by atoms with van der Waals surface area (Å²) in [5, 5.41) is 2.35. The van der Waals surface area contributed by atoms with E-state index in [-0.39, 0.29) is 16.7 Å². The first-order valence-corrected chi connectivity index (χ1v) is 12.7. The van der Waals surface area contributed by atoms with Gasteiger partial charge in [-0.05, 0) is 71.6 Å². The second-order valence-electron chi connectivity index (χ2n) is 8.89. The van der Waals surface area contributed by atoms with E-state index in [4.69, 9.17) is 9.47 Å². The maximum Gasteiger partial charge on any atom is 0.446 e. The lowest BCUT2D eigenvalue weighted by molar-refractivity contribution is -0.0328. The summed E-state index contributed by atoms with van der Waals surface area (Å²) in [5.74, 6) is 0.873. The lowest BCUT2D eigenvalue weighted by Crippen LogP contribution is -2.41. The monoisotopic (exact) mass is 490 g/mol. The molecule has 2 aromatic rings. The number of nitrogens with zero attached hydrogens (tertiary/aromatic N) is 2. The fourth-order valence-electron chi connectivity index (χ4n) is 5.01. The van der Waals surface area contributed by atoms with Crippen LogP contribution >= 0.6 is 11.8 Å². The minimum absolute atomic E-state index is 0.0721. The fourth-order valence-corrected chi connectivity index (χ4v) is 5.55. The summed E-state index contributed by atoms with van der Waals surface area (Å²) in [4.78, 5) is 5.02. The summed E-state index contributed by atoms with van der Waals surface area (Å²) in [7, 11) is 0. The van der Waals surface area contributed by atoms with Gasteiger partial charge in [-0.15, -0.1) is 0 Å². The first-order chi connectivity index (χ1) is 16.5. The van der Waals surface area contributed by atoms with E-state index < -0.39 is 5.51 Å². The van der Waals surface area contributed by atoms with E-state index in [2.05, 4.69) is 21.9 Å². The third-order valence-electron chi connectivity index (χ3n) is 6.63. The lowest BCUT2D eigenvalue weighted by Gasteiger charge is -2.27. The van der Waals surface area contributed by atoms with Crippen molar-refractivity contribution in [2.24, 2.45) is 0 Å². The van der Waals surface area contributed by atoms with Crippen LogP contribution in [0.5, 0.6) is 5.75 Å². The molecule has 0 atom stereocenters. The van der Waals surface area contributed by atoms with Crippen molar-refractivity contribution in [2.45, 2.75) is 29.7 Å². The zero-order valence-electron chi connectivity index (χ0n) is 19.1. The van der Waals surface area contributed by atoms with Crippen LogP contribution in [0.1, 0.15) is 24.8 Å². The molecule has 34 heavy (non-hydrogen) atoms. The molecule has 0 N–H and O–H groups in total. The molecule has 182 valence electrons. The number of alkyl halides is 3. The second-order valence-corrected chi connectivity index (χ2v) is 10.0. The number of fused-ring (bicyclic) bond motifs is 2. The molecule has 0 unspecified atom stereocenters. The first kappa shape index (κ1) is 23.6. The molecule has 2 saturated heterocycles.